The number of nitrogens with zero attached hydrogens (tertiary/aromatic N) is 4. The van der Waals surface area contributed by atoms with Crippen LogP contribution in [0, 0.1) is 12.7 Å². The first-order valence-corrected chi connectivity index (χ1v) is 10.5. The quantitative estimate of drug-likeness (QED) is 0.433. The summed E-state index contributed by atoms with van der Waals surface area (Å²) in [4.78, 5) is 26.9. The smallest absolute Gasteiger partial charge is 0.388 e. The number of hydrogen-bond acceptors (Lipinski definition) is 4. The fraction of sp³-hybridized carbons (Fsp3) is 0.208. The predicted molar refractivity (Wildman–Crippen MR) is 122 cm³/mol. The molecule has 35 heavy (non-hydrogen) atoms. The summed E-state index contributed by atoms with van der Waals surface area (Å²) >= 11 is 0. The van der Waals surface area contributed by atoms with Crippen molar-refractivity contribution in [3.8, 4) is 11.5 Å². The van der Waals surface area contributed by atoms with Gasteiger partial charge in [0.2, 0.25) is 0 Å². The van der Waals surface area contributed by atoms with Gasteiger partial charge in [-0.3, -0.25) is 13.9 Å². The Bertz CT molecular complexity index is 1600. The highest BCUT2D eigenvalue weighted by Crippen LogP contribution is 2.39. The molecule has 1 N–H and O–H groups in total. The second-order valence-electron chi connectivity index (χ2n) is 7.80. The standard InChI is InChI=1S/C24H20F4N4O3/c1-4-30-19(12-33)29-32(23(30)35)21-20(14(3)24(26,27)28)16-10-9-15(25)11-17(16)22(34)31(21)18-8-6-5-7-13(18)2/h5-11,33H,3-4,12H2,1-2H3. The Balaban J connectivity index is 2.35. The molecular formula is C24H20F4N4O3. The Morgan fingerprint density at radius 2 is 1.80 bits per heavy atom. The highest BCUT2D eigenvalue weighted by molar-refractivity contribution is 5.97. The summed E-state index contributed by atoms with van der Waals surface area (Å²) in [5, 5.41) is 13.2. The molecular weight excluding hydrogens is 468 g/mol. The zero-order valence-corrected chi connectivity index (χ0v) is 18.7. The molecule has 4 rings (SSSR count). The lowest BCUT2D eigenvalue weighted by Gasteiger charge is -2.22. The number of hydrogen-bond donors (Lipinski definition) is 1. The third-order valence-corrected chi connectivity index (χ3v) is 5.72. The maximum Gasteiger partial charge on any atom is 0.416 e. The second-order valence-corrected chi connectivity index (χ2v) is 7.80. The first-order chi connectivity index (χ1) is 16.5. The van der Waals surface area contributed by atoms with Gasteiger partial charge in [0.15, 0.2) is 11.6 Å². The van der Waals surface area contributed by atoms with Crippen LogP contribution in [0.5, 0.6) is 0 Å². The zero-order valence-electron chi connectivity index (χ0n) is 18.7. The highest BCUT2D eigenvalue weighted by atomic mass is 19.4. The van der Waals surface area contributed by atoms with E-state index >= 15 is 0 Å². The van der Waals surface area contributed by atoms with Gasteiger partial charge in [-0.15, -0.1) is 5.10 Å². The summed E-state index contributed by atoms with van der Waals surface area (Å²) in [6, 6.07) is 9.16. The van der Waals surface area contributed by atoms with Crippen LogP contribution in [0.3, 0.4) is 0 Å². The molecule has 0 amide bonds. The van der Waals surface area contributed by atoms with Crippen molar-refractivity contribution in [3.05, 3.63) is 92.7 Å². The van der Waals surface area contributed by atoms with Gasteiger partial charge in [-0.25, -0.2) is 9.18 Å². The number of rotatable bonds is 5. The maximum atomic E-state index is 14.1. The SMILES string of the molecule is C=C(c1c(-n2nc(CO)n(CC)c2=O)n(-c2ccccc2C)c(=O)c2cc(F)ccc12)C(F)(F)F. The molecule has 0 aliphatic heterocycles. The van der Waals surface area contributed by atoms with Crippen molar-refractivity contribution in [2.45, 2.75) is 33.2 Å². The van der Waals surface area contributed by atoms with E-state index in [1.165, 1.54) is 6.07 Å². The molecule has 182 valence electrons. The van der Waals surface area contributed by atoms with Gasteiger partial charge in [0.05, 0.1) is 16.6 Å². The third kappa shape index (κ3) is 3.87. The number of para-hydroxylation sites is 1. The Labute approximate surface area is 195 Å². The maximum absolute atomic E-state index is 14.1. The number of pyridine rings is 1. The van der Waals surface area contributed by atoms with Crippen LogP contribution in [-0.4, -0.2) is 30.2 Å². The number of alkyl halides is 3. The first-order valence-electron chi connectivity index (χ1n) is 10.5. The van der Waals surface area contributed by atoms with Crippen molar-refractivity contribution in [1.82, 2.24) is 18.9 Å². The van der Waals surface area contributed by atoms with E-state index in [0.29, 0.717) is 10.2 Å². The van der Waals surface area contributed by atoms with Crippen LogP contribution in [0.15, 0.2) is 58.6 Å². The molecule has 0 saturated carbocycles. The molecule has 2 aromatic carbocycles. The predicted octanol–water partition coefficient (Wildman–Crippen LogP) is 3.87. The number of aryl methyl sites for hydroxylation is 1. The molecule has 0 atom stereocenters. The van der Waals surface area contributed by atoms with Crippen LogP contribution >= 0.6 is 0 Å². The van der Waals surface area contributed by atoms with Crippen molar-refractivity contribution < 1.29 is 22.7 Å². The largest absolute Gasteiger partial charge is 0.416 e. The van der Waals surface area contributed by atoms with E-state index < -0.39 is 46.8 Å². The number of fused-ring (bicyclic) bond motifs is 1. The molecule has 0 radical (unpaired) electrons. The number of benzene rings is 2. The number of aromatic nitrogens is 4. The van der Waals surface area contributed by atoms with E-state index in [9.17, 15) is 32.3 Å². The van der Waals surface area contributed by atoms with Crippen LogP contribution in [0.2, 0.25) is 0 Å². The fourth-order valence-corrected chi connectivity index (χ4v) is 4.05. The van der Waals surface area contributed by atoms with Crippen LogP contribution in [-0.2, 0) is 13.2 Å². The summed E-state index contributed by atoms with van der Waals surface area (Å²) in [6.07, 6.45) is -4.96. The number of aliphatic hydroxyl groups excluding tert-OH is 1. The Morgan fingerprint density at radius 1 is 1.11 bits per heavy atom. The average molecular weight is 488 g/mol. The van der Waals surface area contributed by atoms with E-state index in [0.717, 1.165) is 27.3 Å². The summed E-state index contributed by atoms with van der Waals surface area (Å²) in [7, 11) is 0. The molecule has 0 bridgehead atoms. The molecule has 2 heterocycles. The monoisotopic (exact) mass is 488 g/mol. The van der Waals surface area contributed by atoms with E-state index in [2.05, 4.69) is 11.7 Å². The van der Waals surface area contributed by atoms with Gasteiger partial charge < -0.3 is 5.11 Å². The normalized spacial score (nSPS) is 11.9. The minimum absolute atomic E-state index is 0.0671. The molecule has 4 aromatic rings. The first kappa shape index (κ1) is 24.1. The zero-order chi connectivity index (χ0) is 25.7. The second kappa shape index (κ2) is 8.66. The van der Waals surface area contributed by atoms with E-state index in [-0.39, 0.29) is 28.8 Å². The van der Waals surface area contributed by atoms with Gasteiger partial charge in [0.1, 0.15) is 12.4 Å². The van der Waals surface area contributed by atoms with Gasteiger partial charge in [0.25, 0.3) is 5.56 Å². The van der Waals surface area contributed by atoms with Crippen LogP contribution < -0.4 is 11.2 Å². The van der Waals surface area contributed by atoms with Gasteiger partial charge in [-0.1, -0.05) is 30.8 Å². The fourth-order valence-electron chi connectivity index (χ4n) is 4.05. The third-order valence-electron chi connectivity index (χ3n) is 5.72. The van der Waals surface area contributed by atoms with Crippen molar-refractivity contribution in [2.75, 3.05) is 0 Å². The van der Waals surface area contributed by atoms with Crippen LogP contribution in [0.25, 0.3) is 27.9 Å². The minimum atomic E-state index is -4.96. The van der Waals surface area contributed by atoms with E-state index in [1.807, 2.05) is 0 Å². The molecule has 7 nitrogen and oxygen atoms in total. The lowest BCUT2D eigenvalue weighted by atomic mass is 9.99. The Kier molecular flexibility index (Phi) is 5.97. The van der Waals surface area contributed by atoms with Crippen molar-refractivity contribution in [1.29, 1.82) is 0 Å². The van der Waals surface area contributed by atoms with Crippen molar-refractivity contribution in [3.63, 3.8) is 0 Å². The molecule has 0 unspecified atom stereocenters. The van der Waals surface area contributed by atoms with Crippen LogP contribution in [0.1, 0.15) is 23.9 Å². The number of aliphatic hydroxyl groups is 1. The molecule has 0 aliphatic rings. The van der Waals surface area contributed by atoms with Crippen molar-refractivity contribution in [2.24, 2.45) is 0 Å². The number of allylic oxidation sites excluding steroid dienone is 1. The molecule has 0 spiro atoms. The molecule has 0 fully saturated rings. The summed E-state index contributed by atoms with van der Waals surface area (Å²) in [6.45, 7) is 5.84. The highest BCUT2D eigenvalue weighted by Gasteiger charge is 2.38. The average Bonchev–Trinajstić information content (AvgIpc) is 3.13. The summed E-state index contributed by atoms with van der Waals surface area (Å²) in [5.41, 5.74) is -3.02. The lowest BCUT2D eigenvalue weighted by Crippen LogP contribution is -2.32. The molecule has 2 aromatic heterocycles. The van der Waals surface area contributed by atoms with Crippen LogP contribution in [0.4, 0.5) is 17.6 Å². The Hall–Kier alpha value is -3.99. The van der Waals surface area contributed by atoms with Crippen molar-refractivity contribution >= 4 is 16.3 Å². The lowest BCUT2D eigenvalue weighted by molar-refractivity contribution is -0.0686. The summed E-state index contributed by atoms with van der Waals surface area (Å²) < 4.78 is 58.9. The van der Waals surface area contributed by atoms with Gasteiger partial charge in [-0.2, -0.15) is 17.9 Å². The summed E-state index contributed by atoms with van der Waals surface area (Å²) in [5.74, 6) is -1.45. The van der Waals surface area contributed by atoms with E-state index in [1.54, 1.807) is 32.0 Å². The number of halogens is 4. The minimum Gasteiger partial charge on any atom is -0.388 e. The van der Waals surface area contributed by atoms with E-state index in [4.69, 9.17) is 0 Å². The molecule has 11 heteroatoms. The Morgan fingerprint density at radius 3 is 2.37 bits per heavy atom. The van der Waals surface area contributed by atoms with Gasteiger partial charge >= 0.3 is 11.9 Å². The molecule has 0 saturated heterocycles. The topological polar surface area (TPSA) is 82.0 Å². The van der Waals surface area contributed by atoms with Gasteiger partial charge in [-0.05, 0) is 43.0 Å². The van der Waals surface area contributed by atoms with Gasteiger partial charge in [0, 0.05) is 12.1 Å². The molecule has 0 aliphatic carbocycles.